The third kappa shape index (κ3) is 7.56. The maximum absolute atomic E-state index is 10.5. The number of hydrogen-bond donors (Lipinski definition) is 1. The molecule has 3 aromatic carbocycles. The summed E-state index contributed by atoms with van der Waals surface area (Å²) in [5.41, 5.74) is 3.86. The van der Waals surface area contributed by atoms with Crippen LogP contribution in [0, 0.1) is 0 Å². The second-order valence-corrected chi connectivity index (χ2v) is 9.66. The molecule has 1 aliphatic heterocycles. The molecule has 0 amide bonds. The van der Waals surface area contributed by atoms with E-state index in [1.807, 2.05) is 43.3 Å². The van der Waals surface area contributed by atoms with Crippen LogP contribution < -0.4 is 9.64 Å². The monoisotopic (exact) mass is 473 g/mol. The Balaban J connectivity index is 1.21. The summed E-state index contributed by atoms with van der Waals surface area (Å²) in [6.45, 7) is 6.08. The summed E-state index contributed by atoms with van der Waals surface area (Å²) >= 11 is 0. The minimum Gasteiger partial charge on any atom is -0.491 e. The van der Waals surface area contributed by atoms with Crippen LogP contribution in [0.25, 0.3) is 0 Å². The van der Waals surface area contributed by atoms with Crippen molar-refractivity contribution >= 4 is 5.69 Å². The topological polar surface area (TPSA) is 39.2 Å². The molecule has 4 rings (SSSR count). The standard InChI is InChI=1S/C30H39N3O2/c1-31(2)27-14-9-15-29(22-27)35-24-28(34)23-33-20-18-32(19-21-33)17-16-30(25-10-5-3-6-11-25)26-12-7-4-8-13-26/h3-15,22,28,30,34H,16-21,23-24H2,1-2H3. The van der Waals surface area contributed by atoms with E-state index in [1.165, 1.54) is 11.1 Å². The Morgan fingerprint density at radius 2 is 1.40 bits per heavy atom. The van der Waals surface area contributed by atoms with Crippen molar-refractivity contribution in [3.63, 3.8) is 0 Å². The molecule has 0 aromatic heterocycles. The average Bonchev–Trinajstić information content (AvgIpc) is 2.90. The highest BCUT2D eigenvalue weighted by molar-refractivity contribution is 5.49. The van der Waals surface area contributed by atoms with Crippen LogP contribution in [-0.4, -0.2) is 81.0 Å². The Morgan fingerprint density at radius 1 is 0.800 bits per heavy atom. The molecule has 35 heavy (non-hydrogen) atoms. The second kappa shape index (κ2) is 12.7. The summed E-state index contributed by atoms with van der Waals surface area (Å²) < 4.78 is 5.86. The highest BCUT2D eigenvalue weighted by Crippen LogP contribution is 2.28. The highest BCUT2D eigenvalue weighted by atomic mass is 16.5. The molecule has 0 radical (unpaired) electrons. The Labute approximate surface area is 210 Å². The molecule has 1 atom stereocenters. The van der Waals surface area contributed by atoms with Gasteiger partial charge in [0.15, 0.2) is 0 Å². The first-order valence-corrected chi connectivity index (χ1v) is 12.7. The molecule has 3 aromatic rings. The van der Waals surface area contributed by atoms with Crippen LogP contribution >= 0.6 is 0 Å². The average molecular weight is 474 g/mol. The fraction of sp³-hybridized carbons (Fsp3) is 0.400. The number of β-amino-alcohol motifs (C(OH)–C–C–N with tert-alkyl or cyclic N) is 1. The smallest absolute Gasteiger partial charge is 0.121 e. The van der Waals surface area contributed by atoms with Crippen LogP contribution in [0.15, 0.2) is 84.9 Å². The van der Waals surface area contributed by atoms with Gasteiger partial charge in [0.2, 0.25) is 0 Å². The molecule has 186 valence electrons. The summed E-state index contributed by atoms with van der Waals surface area (Å²) in [5, 5.41) is 10.5. The maximum atomic E-state index is 10.5. The molecule has 1 unspecified atom stereocenters. The van der Waals surface area contributed by atoms with Gasteiger partial charge in [0.1, 0.15) is 18.5 Å². The SMILES string of the molecule is CN(C)c1cccc(OCC(O)CN2CCN(CCC(c3ccccc3)c3ccccc3)CC2)c1. The van der Waals surface area contributed by atoms with Gasteiger partial charge in [-0.15, -0.1) is 0 Å². The van der Waals surface area contributed by atoms with E-state index in [-0.39, 0.29) is 0 Å². The van der Waals surface area contributed by atoms with Crippen LogP contribution in [0.2, 0.25) is 0 Å². The number of aliphatic hydroxyl groups is 1. The van der Waals surface area contributed by atoms with Crippen molar-refractivity contribution in [1.82, 2.24) is 9.80 Å². The van der Waals surface area contributed by atoms with Gasteiger partial charge in [-0.3, -0.25) is 4.90 Å². The summed E-state index contributed by atoms with van der Waals surface area (Å²) in [7, 11) is 4.02. The molecule has 0 spiro atoms. The fourth-order valence-corrected chi connectivity index (χ4v) is 4.80. The van der Waals surface area contributed by atoms with E-state index in [1.54, 1.807) is 0 Å². The molecule has 5 nitrogen and oxygen atoms in total. The first-order valence-electron chi connectivity index (χ1n) is 12.7. The van der Waals surface area contributed by atoms with E-state index in [0.717, 1.165) is 50.6 Å². The van der Waals surface area contributed by atoms with Gasteiger partial charge in [0.25, 0.3) is 0 Å². The van der Waals surface area contributed by atoms with E-state index < -0.39 is 6.10 Å². The molecule has 0 aliphatic carbocycles. The van der Waals surface area contributed by atoms with Gasteiger partial charge in [0.05, 0.1) is 0 Å². The zero-order valence-electron chi connectivity index (χ0n) is 21.1. The van der Waals surface area contributed by atoms with Gasteiger partial charge < -0.3 is 19.6 Å². The lowest BCUT2D eigenvalue weighted by Crippen LogP contribution is -2.49. The Bertz CT molecular complexity index is 965. The first kappa shape index (κ1) is 25.2. The van der Waals surface area contributed by atoms with Crippen molar-refractivity contribution in [3.05, 3.63) is 96.1 Å². The molecule has 0 saturated carbocycles. The van der Waals surface area contributed by atoms with Crippen molar-refractivity contribution in [2.75, 3.05) is 64.9 Å². The minimum absolute atomic E-state index is 0.312. The number of benzene rings is 3. The zero-order chi connectivity index (χ0) is 24.5. The molecule has 1 N–H and O–H groups in total. The molecule has 1 fully saturated rings. The molecule has 5 heteroatoms. The van der Waals surface area contributed by atoms with Gasteiger partial charge >= 0.3 is 0 Å². The molecule has 1 heterocycles. The lowest BCUT2D eigenvalue weighted by molar-refractivity contribution is 0.0457. The number of piperazine rings is 1. The van der Waals surface area contributed by atoms with Crippen LogP contribution in [-0.2, 0) is 0 Å². The van der Waals surface area contributed by atoms with Crippen molar-refractivity contribution in [2.45, 2.75) is 18.4 Å². The molecule has 0 bridgehead atoms. The summed E-state index contributed by atoms with van der Waals surface area (Å²) in [5.74, 6) is 1.21. The van der Waals surface area contributed by atoms with Crippen molar-refractivity contribution in [1.29, 1.82) is 0 Å². The van der Waals surface area contributed by atoms with E-state index in [9.17, 15) is 5.11 Å². The van der Waals surface area contributed by atoms with Crippen LogP contribution in [0.3, 0.4) is 0 Å². The quantitative estimate of drug-likeness (QED) is 0.449. The van der Waals surface area contributed by atoms with E-state index in [4.69, 9.17) is 4.74 Å². The van der Waals surface area contributed by atoms with Gasteiger partial charge in [0, 0.05) is 64.5 Å². The van der Waals surface area contributed by atoms with Gasteiger partial charge in [-0.05, 0) is 36.2 Å². The third-order valence-electron chi connectivity index (χ3n) is 6.85. The number of hydrogen-bond acceptors (Lipinski definition) is 5. The largest absolute Gasteiger partial charge is 0.491 e. The van der Waals surface area contributed by atoms with E-state index in [2.05, 4.69) is 70.5 Å². The van der Waals surface area contributed by atoms with E-state index >= 15 is 0 Å². The van der Waals surface area contributed by atoms with Crippen LogP contribution in [0.5, 0.6) is 5.75 Å². The number of anilines is 1. The van der Waals surface area contributed by atoms with Crippen molar-refractivity contribution in [2.24, 2.45) is 0 Å². The Morgan fingerprint density at radius 3 is 2.00 bits per heavy atom. The van der Waals surface area contributed by atoms with Gasteiger partial charge in [-0.25, -0.2) is 0 Å². The normalized spacial score (nSPS) is 15.8. The summed E-state index contributed by atoms with van der Waals surface area (Å²) in [4.78, 5) is 6.96. The Hall–Kier alpha value is -2.86. The van der Waals surface area contributed by atoms with E-state index in [0.29, 0.717) is 19.1 Å². The fourth-order valence-electron chi connectivity index (χ4n) is 4.80. The number of rotatable bonds is 11. The third-order valence-corrected chi connectivity index (χ3v) is 6.85. The van der Waals surface area contributed by atoms with Gasteiger partial charge in [-0.1, -0.05) is 66.7 Å². The first-order chi connectivity index (χ1) is 17.1. The second-order valence-electron chi connectivity index (χ2n) is 9.66. The predicted octanol–water partition coefficient (Wildman–Crippen LogP) is 4.33. The summed E-state index contributed by atoms with van der Waals surface area (Å²) in [6.07, 6.45) is 0.612. The predicted molar refractivity (Wildman–Crippen MR) is 144 cm³/mol. The molecular formula is C30H39N3O2. The Kier molecular flexibility index (Phi) is 9.18. The zero-order valence-corrected chi connectivity index (χ0v) is 21.1. The molecule has 1 saturated heterocycles. The number of ether oxygens (including phenoxy) is 1. The van der Waals surface area contributed by atoms with Crippen LogP contribution in [0.4, 0.5) is 5.69 Å². The molecular weight excluding hydrogens is 434 g/mol. The number of aliphatic hydroxyl groups excluding tert-OH is 1. The van der Waals surface area contributed by atoms with Crippen molar-refractivity contribution < 1.29 is 9.84 Å². The lowest BCUT2D eigenvalue weighted by Gasteiger charge is -2.36. The van der Waals surface area contributed by atoms with Gasteiger partial charge in [-0.2, -0.15) is 0 Å². The summed E-state index contributed by atoms with van der Waals surface area (Å²) in [6, 6.07) is 29.7. The molecule has 1 aliphatic rings. The number of nitrogens with zero attached hydrogens (tertiary/aromatic N) is 3. The van der Waals surface area contributed by atoms with Crippen molar-refractivity contribution in [3.8, 4) is 5.75 Å². The minimum atomic E-state index is -0.495. The van der Waals surface area contributed by atoms with Crippen LogP contribution in [0.1, 0.15) is 23.5 Å². The highest BCUT2D eigenvalue weighted by Gasteiger charge is 2.21. The maximum Gasteiger partial charge on any atom is 0.121 e. The lowest BCUT2D eigenvalue weighted by atomic mass is 9.88.